The fourth-order valence-electron chi connectivity index (χ4n) is 2.63. The molecule has 0 spiro atoms. The molecule has 9 nitrogen and oxygen atoms in total. The zero-order chi connectivity index (χ0) is 19.6. The molecule has 0 radical (unpaired) electrons. The standard InChI is InChI=1S/C18H23N7O2/c1-11(2)12(3)25-10-19-22-16(25)14-7-6-8-15(20-14)21-17(26)13-9-24(4)23-18(13)27-5/h6-12H,1-5H3,(H,20,21,26)/t12-/m0/s1. The van der Waals surface area contributed by atoms with E-state index in [9.17, 15) is 4.79 Å². The Balaban J connectivity index is 1.87. The molecule has 0 saturated carbocycles. The summed E-state index contributed by atoms with van der Waals surface area (Å²) in [5, 5.41) is 15.1. The third-order valence-corrected chi connectivity index (χ3v) is 4.43. The molecule has 0 aromatic carbocycles. The molecule has 1 amide bonds. The Morgan fingerprint density at radius 2 is 2.04 bits per heavy atom. The number of pyridine rings is 1. The number of rotatable bonds is 6. The van der Waals surface area contributed by atoms with Crippen molar-refractivity contribution in [2.24, 2.45) is 13.0 Å². The van der Waals surface area contributed by atoms with Gasteiger partial charge in [-0.1, -0.05) is 19.9 Å². The monoisotopic (exact) mass is 369 g/mol. The summed E-state index contributed by atoms with van der Waals surface area (Å²) in [6.45, 7) is 6.39. The molecular formula is C18H23N7O2. The smallest absolute Gasteiger partial charge is 0.263 e. The van der Waals surface area contributed by atoms with E-state index < -0.39 is 0 Å². The lowest BCUT2D eigenvalue weighted by Crippen LogP contribution is -2.14. The maximum Gasteiger partial charge on any atom is 0.263 e. The second-order valence-electron chi connectivity index (χ2n) is 6.63. The van der Waals surface area contributed by atoms with Gasteiger partial charge in [0.25, 0.3) is 5.91 Å². The minimum atomic E-state index is -0.346. The van der Waals surface area contributed by atoms with Crippen molar-refractivity contribution in [3.8, 4) is 17.4 Å². The average molecular weight is 369 g/mol. The molecule has 1 atom stereocenters. The lowest BCUT2D eigenvalue weighted by molar-refractivity contribution is 0.102. The van der Waals surface area contributed by atoms with Crippen LogP contribution in [-0.4, -0.2) is 42.5 Å². The van der Waals surface area contributed by atoms with E-state index in [1.54, 1.807) is 25.6 Å². The summed E-state index contributed by atoms with van der Waals surface area (Å²) in [6, 6.07) is 5.59. The van der Waals surface area contributed by atoms with Crippen LogP contribution < -0.4 is 10.1 Å². The van der Waals surface area contributed by atoms with E-state index in [0.29, 0.717) is 28.8 Å². The topological polar surface area (TPSA) is 99.8 Å². The molecule has 0 aliphatic rings. The van der Waals surface area contributed by atoms with Crippen LogP contribution in [0.4, 0.5) is 5.82 Å². The molecule has 3 heterocycles. The molecule has 27 heavy (non-hydrogen) atoms. The Kier molecular flexibility index (Phi) is 5.20. The van der Waals surface area contributed by atoms with Crippen LogP contribution in [0.1, 0.15) is 37.2 Å². The molecule has 0 unspecified atom stereocenters. The van der Waals surface area contributed by atoms with E-state index in [2.05, 4.69) is 46.4 Å². The first-order valence-corrected chi connectivity index (χ1v) is 8.66. The van der Waals surface area contributed by atoms with Gasteiger partial charge in [0.15, 0.2) is 5.82 Å². The number of carbonyl (C=O) groups excluding carboxylic acids is 1. The molecule has 1 N–H and O–H groups in total. The van der Waals surface area contributed by atoms with Crippen molar-refractivity contribution in [3.63, 3.8) is 0 Å². The number of amides is 1. The van der Waals surface area contributed by atoms with Gasteiger partial charge in [-0.25, -0.2) is 4.98 Å². The molecular weight excluding hydrogens is 346 g/mol. The van der Waals surface area contributed by atoms with E-state index in [4.69, 9.17) is 4.74 Å². The van der Waals surface area contributed by atoms with Gasteiger partial charge in [-0.2, -0.15) is 0 Å². The molecule has 0 aliphatic carbocycles. The third kappa shape index (κ3) is 3.81. The van der Waals surface area contributed by atoms with Crippen molar-refractivity contribution in [2.75, 3.05) is 12.4 Å². The van der Waals surface area contributed by atoms with Crippen LogP contribution in [0.5, 0.6) is 5.88 Å². The predicted octanol–water partition coefficient (Wildman–Crippen LogP) is 2.55. The number of hydrogen-bond acceptors (Lipinski definition) is 6. The third-order valence-electron chi connectivity index (χ3n) is 4.43. The van der Waals surface area contributed by atoms with Crippen LogP contribution in [-0.2, 0) is 7.05 Å². The highest BCUT2D eigenvalue weighted by molar-refractivity contribution is 6.05. The highest BCUT2D eigenvalue weighted by atomic mass is 16.5. The second-order valence-corrected chi connectivity index (χ2v) is 6.63. The van der Waals surface area contributed by atoms with Crippen LogP contribution in [0.25, 0.3) is 11.5 Å². The Morgan fingerprint density at radius 1 is 1.26 bits per heavy atom. The summed E-state index contributed by atoms with van der Waals surface area (Å²) < 4.78 is 8.65. The number of ether oxygens (including phenoxy) is 1. The molecule has 0 fully saturated rings. The number of methoxy groups -OCH3 is 1. The van der Waals surface area contributed by atoms with Crippen molar-refractivity contribution in [1.29, 1.82) is 0 Å². The number of carbonyl (C=O) groups is 1. The van der Waals surface area contributed by atoms with Gasteiger partial charge in [-0.3, -0.25) is 9.48 Å². The predicted molar refractivity (Wildman–Crippen MR) is 101 cm³/mol. The summed E-state index contributed by atoms with van der Waals surface area (Å²) >= 11 is 0. The van der Waals surface area contributed by atoms with Gasteiger partial charge in [0.05, 0.1) is 7.11 Å². The Hall–Kier alpha value is -3.23. The molecule has 0 bridgehead atoms. The largest absolute Gasteiger partial charge is 0.479 e. The van der Waals surface area contributed by atoms with Gasteiger partial charge >= 0.3 is 0 Å². The average Bonchev–Trinajstić information content (AvgIpc) is 3.27. The summed E-state index contributed by atoms with van der Waals surface area (Å²) in [7, 11) is 3.20. The van der Waals surface area contributed by atoms with Crippen LogP contribution in [0.15, 0.2) is 30.7 Å². The van der Waals surface area contributed by atoms with E-state index >= 15 is 0 Å². The SMILES string of the molecule is COc1nn(C)cc1C(=O)Nc1cccc(-c2nncn2[C@@H](C)C(C)C)n1. The van der Waals surface area contributed by atoms with Crippen molar-refractivity contribution in [3.05, 3.63) is 36.3 Å². The van der Waals surface area contributed by atoms with E-state index in [-0.39, 0.29) is 17.8 Å². The zero-order valence-electron chi connectivity index (χ0n) is 16.0. The van der Waals surface area contributed by atoms with Gasteiger partial charge in [0.2, 0.25) is 5.88 Å². The highest BCUT2D eigenvalue weighted by Gasteiger charge is 2.19. The zero-order valence-corrected chi connectivity index (χ0v) is 16.0. The molecule has 0 saturated heterocycles. The fraction of sp³-hybridized carbons (Fsp3) is 0.389. The van der Waals surface area contributed by atoms with Crippen molar-refractivity contribution >= 4 is 11.7 Å². The maximum atomic E-state index is 12.6. The lowest BCUT2D eigenvalue weighted by Gasteiger charge is -2.18. The van der Waals surface area contributed by atoms with Gasteiger partial charge in [0.1, 0.15) is 23.4 Å². The van der Waals surface area contributed by atoms with Gasteiger partial charge in [0, 0.05) is 19.3 Å². The minimum absolute atomic E-state index is 0.217. The summed E-state index contributed by atoms with van der Waals surface area (Å²) in [5.74, 6) is 1.40. The van der Waals surface area contributed by atoms with Crippen LogP contribution in [0.2, 0.25) is 0 Å². The first-order chi connectivity index (χ1) is 12.9. The Labute approximate surface area is 157 Å². The van der Waals surface area contributed by atoms with Gasteiger partial charge < -0.3 is 14.6 Å². The summed E-state index contributed by atoms with van der Waals surface area (Å²) in [4.78, 5) is 17.1. The Morgan fingerprint density at radius 3 is 2.74 bits per heavy atom. The Bertz CT molecular complexity index is 945. The summed E-state index contributed by atoms with van der Waals surface area (Å²) in [5.41, 5.74) is 0.972. The lowest BCUT2D eigenvalue weighted by atomic mass is 10.1. The van der Waals surface area contributed by atoms with Gasteiger partial charge in [-0.05, 0) is 25.0 Å². The second kappa shape index (κ2) is 7.56. The van der Waals surface area contributed by atoms with Crippen LogP contribution >= 0.6 is 0 Å². The molecule has 3 aromatic heterocycles. The number of nitrogens with zero attached hydrogens (tertiary/aromatic N) is 6. The van der Waals surface area contributed by atoms with E-state index in [0.717, 1.165) is 0 Å². The van der Waals surface area contributed by atoms with Crippen LogP contribution in [0, 0.1) is 5.92 Å². The number of hydrogen-bond donors (Lipinski definition) is 1. The molecule has 9 heteroatoms. The first kappa shape index (κ1) is 18.6. The van der Waals surface area contributed by atoms with Crippen molar-refractivity contribution < 1.29 is 9.53 Å². The first-order valence-electron chi connectivity index (χ1n) is 8.66. The van der Waals surface area contributed by atoms with E-state index in [1.807, 2.05) is 16.7 Å². The number of nitrogens with one attached hydrogen (secondary N) is 1. The van der Waals surface area contributed by atoms with Crippen molar-refractivity contribution in [1.82, 2.24) is 29.5 Å². The maximum absolute atomic E-state index is 12.6. The molecule has 142 valence electrons. The highest BCUT2D eigenvalue weighted by Crippen LogP contribution is 2.24. The summed E-state index contributed by atoms with van der Waals surface area (Å²) in [6.07, 6.45) is 3.30. The normalized spacial score (nSPS) is 12.2. The van der Waals surface area contributed by atoms with Crippen LogP contribution in [0.3, 0.4) is 0 Å². The van der Waals surface area contributed by atoms with Gasteiger partial charge in [-0.15, -0.1) is 15.3 Å². The fourth-order valence-corrected chi connectivity index (χ4v) is 2.63. The van der Waals surface area contributed by atoms with E-state index in [1.165, 1.54) is 11.8 Å². The minimum Gasteiger partial charge on any atom is -0.479 e. The molecule has 0 aliphatic heterocycles. The number of aryl methyl sites for hydroxylation is 1. The number of aromatic nitrogens is 6. The quantitative estimate of drug-likeness (QED) is 0.717. The number of anilines is 1. The molecule has 3 aromatic rings. The molecule has 3 rings (SSSR count). The van der Waals surface area contributed by atoms with Crippen molar-refractivity contribution in [2.45, 2.75) is 26.8 Å².